The predicted octanol–water partition coefficient (Wildman–Crippen LogP) is 1.29. The van der Waals surface area contributed by atoms with Crippen LogP contribution < -0.4 is 20.5 Å². The lowest BCUT2D eigenvalue weighted by molar-refractivity contribution is 0.174. The molecule has 82 valence electrons. The summed E-state index contributed by atoms with van der Waals surface area (Å²) in [5.41, 5.74) is 6.29. The Labute approximate surface area is 88.7 Å². The van der Waals surface area contributed by atoms with Crippen LogP contribution in [0.25, 0.3) is 0 Å². The van der Waals surface area contributed by atoms with Gasteiger partial charge in [-0.1, -0.05) is 0 Å². The molecule has 1 heterocycles. The van der Waals surface area contributed by atoms with Crippen molar-refractivity contribution in [3.05, 3.63) is 12.1 Å². The third-order valence-corrected chi connectivity index (χ3v) is 3.79. The average molecular weight is 227 g/mol. The number of fused-ring (bicyclic) bond motifs is 1. The monoisotopic (exact) mass is 227 g/mol. The topological polar surface area (TPSA) is 61.6 Å². The first-order chi connectivity index (χ1) is 7.00. The van der Waals surface area contributed by atoms with E-state index in [4.69, 9.17) is 15.2 Å². The molecule has 0 unspecified atom stereocenters. The molecule has 1 aromatic carbocycles. The van der Waals surface area contributed by atoms with Gasteiger partial charge in [0.25, 0.3) is 0 Å². The van der Waals surface area contributed by atoms with Crippen LogP contribution >= 0.6 is 7.14 Å². The Bertz CT molecular complexity index is 439. The van der Waals surface area contributed by atoms with Crippen LogP contribution in [0.4, 0.5) is 5.69 Å². The van der Waals surface area contributed by atoms with Gasteiger partial charge in [-0.05, 0) is 25.5 Å². The van der Waals surface area contributed by atoms with Crippen molar-refractivity contribution < 1.29 is 14.0 Å². The van der Waals surface area contributed by atoms with Gasteiger partial charge in [0.15, 0.2) is 11.5 Å². The van der Waals surface area contributed by atoms with Gasteiger partial charge in [0.05, 0.1) is 11.0 Å². The molecule has 0 aliphatic carbocycles. The van der Waals surface area contributed by atoms with Crippen LogP contribution in [0.3, 0.4) is 0 Å². The van der Waals surface area contributed by atoms with Crippen molar-refractivity contribution in [1.82, 2.24) is 0 Å². The Hall–Kier alpha value is -1.15. The molecule has 0 saturated heterocycles. The van der Waals surface area contributed by atoms with E-state index in [2.05, 4.69) is 0 Å². The molecule has 4 nitrogen and oxygen atoms in total. The molecule has 0 fully saturated rings. The summed E-state index contributed by atoms with van der Waals surface area (Å²) >= 11 is 0. The second-order valence-electron chi connectivity index (χ2n) is 3.88. The second kappa shape index (κ2) is 3.46. The Balaban J connectivity index is 2.63. The van der Waals surface area contributed by atoms with Gasteiger partial charge in [0, 0.05) is 0 Å². The van der Waals surface area contributed by atoms with Gasteiger partial charge >= 0.3 is 0 Å². The molecule has 5 heteroatoms. The first-order valence-corrected chi connectivity index (χ1v) is 7.34. The Kier molecular flexibility index (Phi) is 2.39. The van der Waals surface area contributed by atoms with Crippen molar-refractivity contribution in [2.75, 3.05) is 32.3 Å². The summed E-state index contributed by atoms with van der Waals surface area (Å²) in [6.07, 6.45) is 0. The summed E-state index contributed by atoms with van der Waals surface area (Å²) in [5, 5.41) is 0.700. The highest BCUT2D eigenvalue weighted by Gasteiger charge is 2.25. The van der Waals surface area contributed by atoms with Crippen LogP contribution in [0.1, 0.15) is 0 Å². The number of benzene rings is 1. The Morgan fingerprint density at radius 2 is 1.80 bits per heavy atom. The van der Waals surface area contributed by atoms with Crippen LogP contribution in [-0.4, -0.2) is 26.5 Å². The van der Waals surface area contributed by atoms with Gasteiger partial charge in [-0.25, -0.2) is 0 Å². The summed E-state index contributed by atoms with van der Waals surface area (Å²) in [6.45, 7) is 4.37. The maximum absolute atomic E-state index is 12.0. The van der Waals surface area contributed by atoms with Crippen LogP contribution in [0, 0.1) is 0 Å². The zero-order valence-corrected chi connectivity index (χ0v) is 9.71. The molecule has 0 aromatic heterocycles. The molecule has 0 saturated carbocycles. The molecular formula is C10H14NO3P. The van der Waals surface area contributed by atoms with E-state index in [-0.39, 0.29) is 0 Å². The molecule has 15 heavy (non-hydrogen) atoms. The van der Waals surface area contributed by atoms with Gasteiger partial charge in [0.2, 0.25) is 0 Å². The van der Waals surface area contributed by atoms with Crippen molar-refractivity contribution in [1.29, 1.82) is 0 Å². The summed E-state index contributed by atoms with van der Waals surface area (Å²) in [4.78, 5) is 0. The minimum Gasteiger partial charge on any atom is -0.485 e. The zero-order chi connectivity index (χ0) is 11.1. The van der Waals surface area contributed by atoms with Crippen LogP contribution in [0.5, 0.6) is 11.5 Å². The van der Waals surface area contributed by atoms with E-state index in [0.29, 0.717) is 35.7 Å². The highest BCUT2D eigenvalue weighted by atomic mass is 31.2. The normalized spacial score (nSPS) is 15.1. The fraction of sp³-hybridized carbons (Fsp3) is 0.400. The summed E-state index contributed by atoms with van der Waals surface area (Å²) in [5.74, 6) is 1.08. The Morgan fingerprint density at radius 3 is 2.40 bits per heavy atom. The smallest absolute Gasteiger partial charge is 0.185 e. The molecule has 0 radical (unpaired) electrons. The lowest BCUT2D eigenvalue weighted by Crippen LogP contribution is -2.22. The van der Waals surface area contributed by atoms with Gasteiger partial charge in [-0.2, -0.15) is 0 Å². The molecule has 0 atom stereocenters. The summed E-state index contributed by atoms with van der Waals surface area (Å²) in [6, 6.07) is 3.46. The zero-order valence-electron chi connectivity index (χ0n) is 8.82. The van der Waals surface area contributed by atoms with Crippen LogP contribution in [0.15, 0.2) is 12.1 Å². The van der Waals surface area contributed by atoms with Crippen LogP contribution in [0.2, 0.25) is 0 Å². The Morgan fingerprint density at radius 1 is 1.20 bits per heavy atom. The van der Waals surface area contributed by atoms with Gasteiger partial charge in [0.1, 0.15) is 20.4 Å². The van der Waals surface area contributed by atoms with E-state index >= 15 is 0 Å². The first kappa shape index (κ1) is 10.4. The van der Waals surface area contributed by atoms with Gasteiger partial charge < -0.3 is 19.8 Å². The number of ether oxygens (including phenoxy) is 2. The SMILES string of the molecule is CP(C)(=O)c1ccc(N)c2c1OCCO2. The van der Waals surface area contributed by atoms with E-state index in [1.165, 1.54) is 0 Å². The molecule has 2 rings (SSSR count). The van der Waals surface area contributed by atoms with E-state index in [1.54, 1.807) is 25.5 Å². The van der Waals surface area contributed by atoms with E-state index in [1.807, 2.05) is 0 Å². The van der Waals surface area contributed by atoms with Crippen LogP contribution in [-0.2, 0) is 4.57 Å². The molecule has 1 aliphatic rings. The minimum atomic E-state index is -2.36. The fourth-order valence-corrected chi connectivity index (χ4v) is 2.66. The van der Waals surface area contributed by atoms with Crippen molar-refractivity contribution in [2.45, 2.75) is 0 Å². The molecule has 1 aliphatic heterocycles. The molecule has 0 bridgehead atoms. The third kappa shape index (κ3) is 1.82. The van der Waals surface area contributed by atoms with E-state index in [9.17, 15) is 4.57 Å². The lowest BCUT2D eigenvalue weighted by Gasteiger charge is -2.23. The van der Waals surface area contributed by atoms with Crippen molar-refractivity contribution in [2.24, 2.45) is 0 Å². The quantitative estimate of drug-likeness (QED) is 0.580. The number of nitrogens with two attached hydrogens (primary N) is 1. The van der Waals surface area contributed by atoms with Crippen molar-refractivity contribution in [3.8, 4) is 11.5 Å². The predicted molar refractivity (Wildman–Crippen MR) is 60.9 cm³/mol. The number of hydrogen-bond acceptors (Lipinski definition) is 4. The second-order valence-corrected chi connectivity index (χ2v) is 7.06. The van der Waals surface area contributed by atoms with Gasteiger partial charge in [-0.15, -0.1) is 0 Å². The third-order valence-electron chi connectivity index (χ3n) is 2.28. The highest BCUT2D eigenvalue weighted by Crippen LogP contribution is 2.45. The minimum absolute atomic E-state index is 0.476. The summed E-state index contributed by atoms with van der Waals surface area (Å²) in [7, 11) is -2.36. The number of anilines is 1. The van der Waals surface area contributed by atoms with Gasteiger partial charge in [-0.3, -0.25) is 0 Å². The largest absolute Gasteiger partial charge is 0.485 e. The molecule has 0 spiro atoms. The number of hydrogen-bond donors (Lipinski definition) is 1. The van der Waals surface area contributed by atoms with E-state index < -0.39 is 7.14 Å². The molecular weight excluding hydrogens is 213 g/mol. The maximum atomic E-state index is 12.0. The molecule has 0 amide bonds. The average Bonchev–Trinajstić information content (AvgIpc) is 2.17. The summed E-state index contributed by atoms with van der Waals surface area (Å²) < 4.78 is 22.9. The van der Waals surface area contributed by atoms with E-state index in [0.717, 1.165) is 0 Å². The van der Waals surface area contributed by atoms with Crippen molar-refractivity contribution >= 4 is 18.1 Å². The maximum Gasteiger partial charge on any atom is 0.185 e. The lowest BCUT2D eigenvalue weighted by atomic mass is 10.2. The highest BCUT2D eigenvalue weighted by molar-refractivity contribution is 7.70. The standard InChI is InChI=1S/C10H14NO3P/c1-15(2,12)8-4-3-7(11)9-10(8)14-6-5-13-9/h3-4H,5-6,11H2,1-2H3. The number of nitrogen functional groups attached to an aromatic ring is 1. The first-order valence-electron chi connectivity index (χ1n) is 4.74. The van der Waals surface area contributed by atoms with Crippen molar-refractivity contribution in [3.63, 3.8) is 0 Å². The fourth-order valence-electron chi connectivity index (χ4n) is 1.57. The molecule has 2 N–H and O–H groups in total. The number of rotatable bonds is 1. The molecule has 1 aromatic rings.